The van der Waals surface area contributed by atoms with Crippen LogP contribution in [-0.2, 0) is 4.74 Å². The van der Waals surface area contributed by atoms with Gasteiger partial charge in [-0.15, -0.1) is 5.43 Å². The van der Waals surface area contributed by atoms with Crippen molar-refractivity contribution < 1.29 is 25.2 Å². The van der Waals surface area contributed by atoms with Crippen molar-refractivity contribution in [1.82, 2.24) is 5.43 Å². The van der Waals surface area contributed by atoms with Gasteiger partial charge in [0.25, 0.3) is 0 Å². The van der Waals surface area contributed by atoms with Crippen LogP contribution in [0, 0.1) is 6.57 Å². The third-order valence-corrected chi connectivity index (χ3v) is 2.11. The van der Waals surface area contributed by atoms with Crippen molar-refractivity contribution in [3.63, 3.8) is 0 Å². The van der Waals surface area contributed by atoms with E-state index in [0.29, 0.717) is 0 Å². The molecule has 5 atom stereocenters. The lowest BCUT2D eigenvalue weighted by Crippen LogP contribution is -2.62. The van der Waals surface area contributed by atoms with Crippen LogP contribution < -0.4 is 5.43 Å². The molecule has 0 spiro atoms. The first-order chi connectivity index (χ1) is 6.61. The van der Waals surface area contributed by atoms with Gasteiger partial charge in [-0.25, -0.2) is 0 Å². The average Bonchev–Trinajstić information content (AvgIpc) is 2.18. The second-order valence-electron chi connectivity index (χ2n) is 3.00. The lowest BCUT2D eigenvalue weighted by atomic mass is 9.98. The van der Waals surface area contributed by atoms with Crippen LogP contribution in [0.4, 0.5) is 0 Å². The fraction of sp³-hybridized carbons (Fsp3) is 0.857. The summed E-state index contributed by atoms with van der Waals surface area (Å²) in [4.78, 5) is 2.77. The van der Waals surface area contributed by atoms with Crippen LogP contribution in [0.3, 0.4) is 0 Å². The Morgan fingerprint density at radius 2 is 1.93 bits per heavy atom. The summed E-state index contributed by atoms with van der Waals surface area (Å²) in [6.07, 6.45) is -5.16. The highest BCUT2D eigenvalue weighted by molar-refractivity contribution is 4.93. The summed E-state index contributed by atoms with van der Waals surface area (Å²) >= 11 is 0. The second-order valence-corrected chi connectivity index (χ2v) is 3.00. The maximum Gasteiger partial charge on any atom is 0.184 e. The molecule has 7 nitrogen and oxygen atoms in total. The molecule has 1 aliphatic rings. The summed E-state index contributed by atoms with van der Waals surface area (Å²) < 4.78 is 4.77. The molecule has 1 saturated heterocycles. The third-order valence-electron chi connectivity index (χ3n) is 2.11. The molecule has 0 bridgehead atoms. The van der Waals surface area contributed by atoms with Gasteiger partial charge >= 0.3 is 0 Å². The van der Waals surface area contributed by atoms with Crippen LogP contribution in [-0.4, -0.2) is 57.7 Å². The van der Waals surface area contributed by atoms with Gasteiger partial charge in [-0.05, 0) is 0 Å². The molecule has 1 heterocycles. The number of hydrogen-bond acceptors (Lipinski definition) is 6. The van der Waals surface area contributed by atoms with Crippen LogP contribution in [0.5, 0.6) is 0 Å². The van der Waals surface area contributed by atoms with Gasteiger partial charge < -0.3 is 25.2 Å². The highest BCUT2D eigenvalue weighted by Crippen LogP contribution is 2.19. The normalized spacial score (nSPS) is 42.9. The Morgan fingerprint density at radius 3 is 2.43 bits per heavy atom. The Balaban J connectivity index is 2.69. The zero-order valence-electron chi connectivity index (χ0n) is 7.24. The van der Waals surface area contributed by atoms with E-state index < -0.39 is 37.3 Å². The lowest BCUT2D eigenvalue weighted by molar-refractivity contribution is -0.252. The van der Waals surface area contributed by atoms with Crippen LogP contribution >= 0.6 is 0 Å². The van der Waals surface area contributed by atoms with Gasteiger partial charge in [-0.3, -0.25) is 0 Å². The van der Waals surface area contributed by atoms with Gasteiger partial charge in [-0.1, -0.05) is 0 Å². The quantitative estimate of drug-likeness (QED) is 0.246. The molecule has 14 heavy (non-hydrogen) atoms. The molecule has 0 aromatic carbocycles. The Hall–Kier alpha value is -0.910. The molecule has 0 saturated carbocycles. The van der Waals surface area contributed by atoms with E-state index >= 15 is 0 Å². The smallest absolute Gasteiger partial charge is 0.184 e. The molecule has 0 aromatic heterocycles. The number of aliphatic hydroxyl groups excluding tert-OH is 4. The maximum absolute atomic E-state index is 9.43. The largest absolute Gasteiger partial charge is 0.394 e. The summed E-state index contributed by atoms with van der Waals surface area (Å²) in [6.45, 7) is 5.97. The topological polar surface area (TPSA) is 107 Å². The van der Waals surface area contributed by atoms with Crippen molar-refractivity contribution >= 4 is 0 Å². The summed E-state index contributed by atoms with van der Waals surface area (Å²) in [7, 11) is 0. The first-order valence-electron chi connectivity index (χ1n) is 4.04. The summed E-state index contributed by atoms with van der Waals surface area (Å²) in [5.74, 6) is 0. The van der Waals surface area contributed by atoms with Crippen LogP contribution in [0.25, 0.3) is 4.95 Å². The van der Waals surface area contributed by atoms with Gasteiger partial charge in [0, 0.05) is 0 Å². The van der Waals surface area contributed by atoms with E-state index in [1.54, 1.807) is 0 Å². The molecule has 5 N–H and O–H groups in total. The Bertz CT molecular complexity index is 231. The Kier molecular flexibility index (Phi) is 3.62. The minimum atomic E-state index is -1.43. The predicted molar refractivity (Wildman–Crippen MR) is 43.5 cm³/mol. The zero-order chi connectivity index (χ0) is 10.7. The Morgan fingerprint density at radius 1 is 1.29 bits per heavy atom. The molecule has 0 aliphatic carbocycles. The highest BCUT2D eigenvalue weighted by atomic mass is 16.6. The molecule has 7 heteroatoms. The Labute approximate surface area is 80.3 Å². The molecule has 80 valence electrons. The molecular weight excluding hydrogens is 192 g/mol. The maximum atomic E-state index is 9.43. The molecule has 1 rings (SSSR count). The number of hydrogen-bond donors (Lipinski definition) is 5. The van der Waals surface area contributed by atoms with E-state index in [1.165, 1.54) is 0 Å². The number of rotatable bonds is 2. The van der Waals surface area contributed by atoms with Gasteiger partial charge in [0.05, 0.1) is 6.61 Å². The van der Waals surface area contributed by atoms with Crippen molar-refractivity contribution in [2.24, 2.45) is 0 Å². The van der Waals surface area contributed by atoms with E-state index in [0.717, 1.165) is 0 Å². The summed E-state index contributed by atoms with van der Waals surface area (Å²) in [5, 5.41) is 36.8. The first-order valence-corrected chi connectivity index (χ1v) is 4.04. The minimum Gasteiger partial charge on any atom is -0.394 e. The summed E-state index contributed by atoms with van der Waals surface area (Å²) in [6, 6.07) is -1.08. The molecule has 0 amide bonds. The summed E-state index contributed by atoms with van der Waals surface area (Å²) in [5.41, 5.74) is 2.08. The van der Waals surface area contributed by atoms with E-state index in [1.807, 2.05) is 0 Å². The fourth-order valence-electron chi connectivity index (χ4n) is 1.31. The lowest BCUT2D eigenvalue weighted by Gasteiger charge is -2.37. The third kappa shape index (κ3) is 1.95. The molecule has 1 unspecified atom stereocenters. The molecule has 1 aliphatic heterocycles. The van der Waals surface area contributed by atoms with Gasteiger partial charge in [0.2, 0.25) is 0 Å². The number of ether oxygens (including phenoxy) is 1. The first kappa shape index (κ1) is 11.2. The monoisotopic (exact) mass is 204 g/mol. The number of aliphatic hydroxyl groups is 4. The number of nitrogens with zero attached hydrogens (tertiary/aromatic N) is 1. The van der Waals surface area contributed by atoms with Crippen LogP contribution in [0.1, 0.15) is 0 Å². The van der Waals surface area contributed by atoms with Crippen molar-refractivity contribution in [2.75, 3.05) is 6.61 Å². The SMILES string of the molecule is [C-]#[N+]N[C@H]1C(O)O[C@H](CO)[C@@H](O)[C@@H]1O. The van der Waals surface area contributed by atoms with E-state index in [2.05, 4.69) is 10.4 Å². The van der Waals surface area contributed by atoms with E-state index in [4.69, 9.17) is 16.4 Å². The van der Waals surface area contributed by atoms with E-state index in [9.17, 15) is 15.3 Å². The molecular formula is C7H12N2O5. The zero-order valence-corrected chi connectivity index (χ0v) is 7.24. The van der Waals surface area contributed by atoms with Crippen LogP contribution in [0.2, 0.25) is 0 Å². The van der Waals surface area contributed by atoms with E-state index in [-0.39, 0.29) is 0 Å². The van der Waals surface area contributed by atoms with Gasteiger partial charge in [-0.2, -0.15) is 11.5 Å². The predicted octanol–water partition coefficient (Wildman–Crippen LogP) is -2.79. The molecule has 1 fully saturated rings. The van der Waals surface area contributed by atoms with Crippen molar-refractivity contribution in [3.8, 4) is 0 Å². The average molecular weight is 204 g/mol. The van der Waals surface area contributed by atoms with Crippen LogP contribution in [0.15, 0.2) is 0 Å². The van der Waals surface area contributed by atoms with Crippen molar-refractivity contribution in [1.29, 1.82) is 0 Å². The molecule has 0 radical (unpaired) electrons. The molecule has 0 aromatic rings. The number of nitrogens with one attached hydrogen (secondary N) is 1. The second kappa shape index (κ2) is 4.54. The highest BCUT2D eigenvalue weighted by Gasteiger charge is 2.45. The fourth-order valence-corrected chi connectivity index (χ4v) is 1.31. The van der Waals surface area contributed by atoms with Crippen molar-refractivity contribution in [3.05, 3.63) is 11.5 Å². The van der Waals surface area contributed by atoms with Gasteiger partial charge in [0.1, 0.15) is 18.3 Å². The van der Waals surface area contributed by atoms with Gasteiger partial charge in [0.15, 0.2) is 12.3 Å². The minimum absolute atomic E-state index is 0.514. The van der Waals surface area contributed by atoms with Crippen molar-refractivity contribution in [2.45, 2.75) is 30.6 Å². The standard InChI is InChI=1S/C7H12N2O5/c1-8-9-4-6(12)5(11)3(2-10)14-7(4)13/h3-7,9-13H,2H2/t3-,4-,5-,6-,7?/m1/s1.